The molecule has 0 radical (unpaired) electrons. The fourth-order valence-corrected chi connectivity index (χ4v) is 4.30. The van der Waals surface area contributed by atoms with E-state index in [1.165, 1.54) is 23.9 Å². The number of nitrogens with zero attached hydrogens (tertiary/aromatic N) is 1. The molecule has 0 amide bonds. The average molecular weight is 478 g/mol. The number of aromatic nitrogens is 1. The van der Waals surface area contributed by atoms with Crippen molar-refractivity contribution in [2.45, 2.75) is 19.9 Å². The Morgan fingerprint density at radius 1 is 1.00 bits per heavy atom. The van der Waals surface area contributed by atoms with E-state index in [0.717, 1.165) is 33.2 Å². The Morgan fingerprint density at radius 2 is 1.74 bits per heavy atom. The monoisotopic (exact) mass is 477 g/mol. The van der Waals surface area contributed by atoms with Crippen LogP contribution in [0.5, 0.6) is 5.75 Å². The molecule has 4 aromatic rings. The summed E-state index contributed by atoms with van der Waals surface area (Å²) in [4.78, 5) is 12.3. The standard InChI is InChI=1S/C26H24BrNO3/c1-17-23(14-19-6-4-5-7-22(19)26(29)31-3)24-15-21(30-2)12-13-25(24)28(17)16-18-8-10-20(27)11-9-18/h4-13,15H,14,16H2,1-3H3. The Balaban J connectivity index is 1.84. The lowest BCUT2D eigenvalue weighted by Crippen LogP contribution is -2.07. The third-order valence-corrected chi connectivity index (χ3v) is 6.23. The average Bonchev–Trinajstić information content (AvgIpc) is 3.05. The number of methoxy groups -OCH3 is 2. The van der Waals surface area contributed by atoms with Crippen LogP contribution in [0.3, 0.4) is 0 Å². The van der Waals surface area contributed by atoms with Gasteiger partial charge in [0.15, 0.2) is 0 Å². The van der Waals surface area contributed by atoms with Crippen LogP contribution in [-0.4, -0.2) is 24.8 Å². The van der Waals surface area contributed by atoms with Gasteiger partial charge >= 0.3 is 5.97 Å². The van der Waals surface area contributed by atoms with Crippen molar-refractivity contribution in [3.63, 3.8) is 0 Å². The molecule has 0 saturated heterocycles. The third-order valence-electron chi connectivity index (χ3n) is 5.71. The Kier molecular flexibility index (Phi) is 6.14. The molecule has 1 heterocycles. The van der Waals surface area contributed by atoms with Crippen molar-refractivity contribution in [2.24, 2.45) is 0 Å². The van der Waals surface area contributed by atoms with Gasteiger partial charge in [-0.15, -0.1) is 0 Å². The van der Waals surface area contributed by atoms with Gasteiger partial charge in [0.05, 0.1) is 19.8 Å². The Bertz CT molecular complexity index is 1240. The summed E-state index contributed by atoms with van der Waals surface area (Å²) >= 11 is 3.51. The lowest BCUT2D eigenvalue weighted by molar-refractivity contribution is 0.0599. The zero-order valence-electron chi connectivity index (χ0n) is 17.8. The highest BCUT2D eigenvalue weighted by Gasteiger charge is 2.18. The van der Waals surface area contributed by atoms with Gasteiger partial charge < -0.3 is 14.0 Å². The first-order chi connectivity index (χ1) is 15.0. The summed E-state index contributed by atoms with van der Waals surface area (Å²) in [5.41, 5.74) is 6.27. The summed E-state index contributed by atoms with van der Waals surface area (Å²) < 4.78 is 13.9. The number of hydrogen-bond donors (Lipinski definition) is 0. The summed E-state index contributed by atoms with van der Waals surface area (Å²) in [5, 5.41) is 1.13. The second-order valence-corrected chi connectivity index (χ2v) is 8.40. The maximum atomic E-state index is 12.3. The van der Waals surface area contributed by atoms with E-state index >= 15 is 0 Å². The van der Waals surface area contributed by atoms with Gasteiger partial charge in [0, 0.05) is 34.0 Å². The molecule has 5 heteroatoms. The maximum absolute atomic E-state index is 12.3. The Morgan fingerprint density at radius 3 is 2.45 bits per heavy atom. The number of ether oxygens (including phenoxy) is 2. The molecule has 0 aliphatic carbocycles. The van der Waals surface area contributed by atoms with Crippen LogP contribution >= 0.6 is 15.9 Å². The number of benzene rings is 3. The summed E-state index contributed by atoms with van der Waals surface area (Å²) in [6.45, 7) is 2.90. The summed E-state index contributed by atoms with van der Waals surface area (Å²) in [6, 6.07) is 22.2. The molecule has 0 N–H and O–H groups in total. The lowest BCUT2D eigenvalue weighted by atomic mass is 9.97. The highest BCUT2D eigenvalue weighted by Crippen LogP contribution is 2.32. The molecule has 0 bridgehead atoms. The zero-order chi connectivity index (χ0) is 22.0. The SMILES string of the molecule is COC(=O)c1ccccc1Cc1c(C)n(Cc2ccc(Br)cc2)c2ccc(OC)cc12. The Hall–Kier alpha value is -3.05. The molecule has 158 valence electrons. The smallest absolute Gasteiger partial charge is 0.338 e. The highest BCUT2D eigenvalue weighted by atomic mass is 79.9. The molecule has 0 saturated carbocycles. The van der Waals surface area contributed by atoms with Crippen molar-refractivity contribution in [3.8, 4) is 5.75 Å². The van der Waals surface area contributed by atoms with Gasteiger partial charge in [0.2, 0.25) is 0 Å². The molecular weight excluding hydrogens is 454 g/mol. The maximum Gasteiger partial charge on any atom is 0.338 e. The number of fused-ring (bicyclic) bond motifs is 1. The van der Waals surface area contributed by atoms with Gasteiger partial charge in [-0.3, -0.25) is 0 Å². The van der Waals surface area contributed by atoms with E-state index in [1.54, 1.807) is 7.11 Å². The van der Waals surface area contributed by atoms with Crippen molar-refractivity contribution >= 4 is 32.8 Å². The van der Waals surface area contributed by atoms with Crippen LogP contribution in [0.2, 0.25) is 0 Å². The van der Waals surface area contributed by atoms with Crippen molar-refractivity contribution in [3.05, 3.63) is 99.2 Å². The van der Waals surface area contributed by atoms with Crippen molar-refractivity contribution in [1.82, 2.24) is 4.57 Å². The van der Waals surface area contributed by atoms with E-state index in [0.29, 0.717) is 12.0 Å². The highest BCUT2D eigenvalue weighted by molar-refractivity contribution is 9.10. The molecule has 3 aromatic carbocycles. The van der Waals surface area contributed by atoms with Crippen LogP contribution in [0.15, 0.2) is 71.2 Å². The van der Waals surface area contributed by atoms with E-state index in [1.807, 2.05) is 30.3 Å². The number of carbonyl (C=O) groups is 1. The quantitative estimate of drug-likeness (QED) is 0.312. The van der Waals surface area contributed by atoms with E-state index in [4.69, 9.17) is 9.47 Å². The molecule has 0 spiro atoms. The molecule has 1 aromatic heterocycles. The van der Waals surface area contributed by atoms with Gasteiger partial charge in [-0.25, -0.2) is 4.79 Å². The second-order valence-electron chi connectivity index (χ2n) is 7.49. The summed E-state index contributed by atoms with van der Waals surface area (Å²) in [7, 11) is 3.10. The molecule has 0 atom stereocenters. The minimum atomic E-state index is -0.315. The first-order valence-electron chi connectivity index (χ1n) is 10.1. The van der Waals surface area contributed by atoms with E-state index < -0.39 is 0 Å². The molecule has 0 aliphatic heterocycles. The van der Waals surface area contributed by atoms with E-state index in [-0.39, 0.29) is 5.97 Å². The normalized spacial score (nSPS) is 11.0. The van der Waals surface area contributed by atoms with Crippen molar-refractivity contribution in [1.29, 1.82) is 0 Å². The number of carbonyl (C=O) groups excluding carboxylic acids is 1. The number of halogens is 1. The predicted octanol–water partition coefficient (Wildman–Crippen LogP) is 6.15. The van der Waals surface area contributed by atoms with E-state index in [2.05, 4.69) is 63.8 Å². The minimum Gasteiger partial charge on any atom is -0.497 e. The van der Waals surface area contributed by atoms with Crippen LogP contribution in [0, 0.1) is 6.92 Å². The van der Waals surface area contributed by atoms with Gasteiger partial charge in [0.1, 0.15) is 5.75 Å². The molecule has 0 unspecified atom stereocenters. The van der Waals surface area contributed by atoms with Gasteiger partial charge in [-0.05, 0) is 60.0 Å². The fraction of sp³-hybridized carbons (Fsp3) is 0.192. The molecular formula is C26H24BrNO3. The van der Waals surface area contributed by atoms with Crippen LogP contribution in [0.25, 0.3) is 10.9 Å². The molecule has 4 nitrogen and oxygen atoms in total. The number of esters is 1. The minimum absolute atomic E-state index is 0.315. The van der Waals surface area contributed by atoms with Crippen molar-refractivity contribution < 1.29 is 14.3 Å². The summed E-state index contributed by atoms with van der Waals surface area (Å²) in [6.07, 6.45) is 0.633. The molecule has 4 rings (SSSR count). The second kappa shape index (κ2) is 8.98. The Labute approximate surface area is 190 Å². The zero-order valence-corrected chi connectivity index (χ0v) is 19.4. The topological polar surface area (TPSA) is 40.5 Å². The molecule has 0 aliphatic rings. The van der Waals surface area contributed by atoms with Crippen LogP contribution < -0.4 is 4.74 Å². The first kappa shape index (κ1) is 21.2. The van der Waals surface area contributed by atoms with E-state index in [9.17, 15) is 4.79 Å². The first-order valence-corrected chi connectivity index (χ1v) is 10.9. The fourth-order valence-electron chi connectivity index (χ4n) is 4.03. The van der Waals surface area contributed by atoms with Gasteiger partial charge in [0.25, 0.3) is 0 Å². The largest absolute Gasteiger partial charge is 0.497 e. The molecule has 0 fully saturated rings. The molecule has 31 heavy (non-hydrogen) atoms. The predicted molar refractivity (Wildman–Crippen MR) is 127 cm³/mol. The van der Waals surface area contributed by atoms with Gasteiger partial charge in [-0.1, -0.05) is 46.3 Å². The number of rotatable bonds is 6. The van der Waals surface area contributed by atoms with Gasteiger partial charge in [-0.2, -0.15) is 0 Å². The van der Waals surface area contributed by atoms with Crippen LogP contribution in [-0.2, 0) is 17.7 Å². The van der Waals surface area contributed by atoms with Crippen LogP contribution in [0.1, 0.15) is 32.7 Å². The summed E-state index contributed by atoms with van der Waals surface area (Å²) in [5.74, 6) is 0.500. The third kappa shape index (κ3) is 4.23. The van der Waals surface area contributed by atoms with Crippen molar-refractivity contribution in [2.75, 3.05) is 14.2 Å². The van der Waals surface area contributed by atoms with Crippen LogP contribution in [0.4, 0.5) is 0 Å². The number of hydrogen-bond acceptors (Lipinski definition) is 3. The lowest BCUT2D eigenvalue weighted by Gasteiger charge is -2.11.